The van der Waals surface area contributed by atoms with Crippen molar-refractivity contribution in [1.82, 2.24) is 9.80 Å². The summed E-state index contributed by atoms with van der Waals surface area (Å²) < 4.78 is 13.0. The molecule has 8 heteroatoms. The summed E-state index contributed by atoms with van der Waals surface area (Å²) in [5, 5.41) is 29.4. The third kappa shape index (κ3) is 6.67. The van der Waals surface area contributed by atoms with Crippen LogP contribution >= 0.6 is 0 Å². The molecule has 7 nitrogen and oxygen atoms in total. The van der Waals surface area contributed by atoms with Crippen LogP contribution in [0, 0.1) is 5.82 Å². The van der Waals surface area contributed by atoms with E-state index in [4.69, 9.17) is 0 Å². The van der Waals surface area contributed by atoms with Gasteiger partial charge in [-0.15, -0.1) is 0 Å². The number of hydrogen-bond donors (Lipinski definition) is 3. The van der Waals surface area contributed by atoms with Crippen molar-refractivity contribution in [1.29, 1.82) is 0 Å². The Labute approximate surface area is 146 Å². The summed E-state index contributed by atoms with van der Waals surface area (Å²) in [4.78, 5) is 26.6. The van der Waals surface area contributed by atoms with Crippen molar-refractivity contribution in [3.05, 3.63) is 29.6 Å². The minimum absolute atomic E-state index is 0.0259. The predicted molar refractivity (Wildman–Crippen MR) is 89.6 cm³/mol. The molecule has 0 saturated carbocycles. The minimum Gasteiger partial charge on any atom is -0.507 e. The van der Waals surface area contributed by atoms with Crippen LogP contribution in [0.25, 0.3) is 0 Å². The summed E-state index contributed by atoms with van der Waals surface area (Å²) in [6.07, 6.45) is -1.11. The number of nitrogens with zero attached hydrogens (tertiary/aromatic N) is 2. The van der Waals surface area contributed by atoms with Gasteiger partial charge in [0.25, 0.3) is 5.91 Å². The number of phenols is 1. The van der Waals surface area contributed by atoms with Gasteiger partial charge in [-0.25, -0.2) is 4.39 Å². The number of halogens is 1. The summed E-state index contributed by atoms with van der Waals surface area (Å²) in [7, 11) is 2.91. The Balaban J connectivity index is 2.62. The van der Waals surface area contributed by atoms with E-state index in [0.717, 1.165) is 18.2 Å². The quantitative estimate of drug-likeness (QED) is 0.664. The zero-order valence-electron chi connectivity index (χ0n) is 14.9. The first-order valence-corrected chi connectivity index (χ1v) is 7.79. The van der Waals surface area contributed by atoms with Crippen LogP contribution in [0.3, 0.4) is 0 Å². The van der Waals surface area contributed by atoms with Crippen LogP contribution in [0.2, 0.25) is 0 Å². The van der Waals surface area contributed by atoms with E-state index in [9.17, 15) is 29.3 Å². The molecule has 3 N–H and O–H groups in total. The topological polar surface area (TPSA) is 101 Å². The fourth-order valence-corrected chi connectivity index (χ4v) is 2.27. The molecular weight excluding hydrogens is 331 g/mol. The first-order valence-electron chi connectivity index (χ1n) is 7.79. The van der Waals surface area contributed by atoms with Crippen LogP contribution in [0.1, 0.15) is 30.6 Å². The number of aliphatic hydroxyl groups is 2. The van der Waals surface area contributed by atoms with Crippen LogP contribution in [0.5, 0.6) is 5.75 Å². The molecule has 0 fully saturated rings. The number of aromatic hydroxyl groups is 1. The van der Waals surface area contributed by atoms with Gasteiger partial charge in [0.1, 0.15) is 11.6 Å². The molecule has 140 valence electrons. The van der Waals surface area contributed by atoms with Crippen molar-refractivity contribution in [2.45, 2.75) is 32.0 Å². The standard InChI is InChI=1S/C17H25FN2O5/c1-17(2,25)8-15(23)19(3)9-12(21)10-20(4)16(24)13-6-5-11(18)7-14(13)22/h5-7,12,21-22,25H,8-10H2,1-4H3. The highest BCUT2D eigenvalue weighted by molar-refractivity contribution is 5.96. The Morgan fingerprint density at radius 2 is 1.76 bits per heavy atom. The molecule has 0 aliphatic rings. The number of likely N-dealkylation sites (N-methyl/N-ethyl adjacent to an activating group) is 2. The van der Waals surface area contributed by atoms with Crippen LogP contribution in [0.15, 0.2) is 18.2 Å². The molecule has 2 amide bonds. The van der Waals surface area contributed by atoms with Gasteiger partial charge in [0.15, 0.2) is 0 Å². The summed E-state index contributed by atoms with van der Waals surface area (Å²) >= 11 is 0. The molecule has 0 saturated heterocycles. The fourth-order valence-electron chi connectivity index (χ4n) is 2.27. The number of amides is 2. The molecule has 1 rings (SSSR count). The van der Waals surface area contributed by atoms with E-state index in [2.05, 4.69) is 0 Å². The Bertz CT molecular complexity index is 630. The van der Waals surface area contributed by atoms with E-state index in [1.807, 2.05) is 0 Å². The van der Waals surface area contributed by atoms with Gasteiger partial charge in [-0.1, -0.05) is 0 Å². The number of carbonyl (C=O) groups excluding carboxylic acids is 2. The zero-order chi connectivity index (χ0) is 19.4. The fraction of sp³-hybridized carbons (Fsp3) is 0.529. The number of aliphatic hydroxyl groups excluding tert-OH is 1. The maximum Gasteiger partial charge on any atom is 0.257 e. The second kappa shape index (κ2) is 8.26. The Morgan fingerprint density at radius 3 is 2.28 bits per heavy atom. The average molecular weight is 356 g/mol. The third-order valence-corrected chi connectivity index (χ3v) is 3.52. The van der Waals surface area contributed by atoms with Gasteiger partial charge in [0.2, 0.25) is 5.91 Å². The van der Waals surface area contributed by atoms with Gasteiger partial charge in [0.05, 0.1) is 23.7 Å². The highest BCUT2D eigenvalue weighted by atomic mass is 19.1. The van der Waals surface area contributed by atoms with E-state index in [1.54, 1.807) is 0 Å². The summed E-state index contributed by atoms with van der Waals surface area (Å²) in [5.41, 5.74) is -1.23. The lowest BCUT2D eigenvalue weighted by Crippen LogP contribution is -2.43. The van der Waals surface area contributed by atoms with Crippen molar-refractivity contribution >= 4 is 11.8 Å². The zero-order valence-corrected chi connectivity index (χ0v) is 14.9. The normalized spacial score (nSPS) is 12.6. The molecule has 0 radical (unpaired) electrons. The second-order valence-corrected chi connectivity index (χ2v) is 6.76. The number of carbonyl (C=O) groups is 2. The minimum atomic E-state index is -1.15. The molecule has 0 spiro atoms. The van der Waals surface area contributed by atoms with Crippen molar-refractivity contribution in [2.24, 2.45) is 0 Å². The summed E-state index contributed by atoms with van der Waals surface area (Å²) in [6.45, 7) is 2.91. The molecule has 1 unspecified atom stereocenters. The lowest BCUT2D eigenvalue weighted by Gasteiger charge is -2.27. The highest BCUT2D eigenvalue weighted by Crippen LogP contribution is 2.19. The smallest absolute Gasteiger partial charge is 0.257 e. The maximum absolute atomic E-state index is 13.0. The summed E-state index contributed by atoms with van der Waals surface area (Å²) in [5.74, 6) is -2.06. The van der Waals surface area contributed by atoms with E-state index in [-0.39, 0.29) is 31.0 Å². The van der Waals surface area contributed by atoms with Crippen LogP contribution in [0.4, 0.5) is 4.39 Å². The SMILES string of the molecule is CN(CC(O)CN(C)C(=O)c1ccc(F)cc1O)C(=O)CC(C)(C)O. The van der Waals surface area contributed by atoms with Gasteiger partial charge < -0.3 is 25.1 Å². The van der Waals surface area contributed by atoms with Crippen LogP contribution < -0.4 is 0 Å². The van der Waals surface area contributed by atoms with E-state index >= 15 is 0 Å². The molecule has 1 atom stereocenters. The Kier molecular flexibility index (Phi) is 6.89. The van der Waals surface area contributed by atoms with Crippen LogP contribution in [-0.2, 0) is 4.79 Å². The first kappa shape index (κ1) is 20.9. The highest BCUT2D eigenvalue weighted by Gasteiger charge is 2.24. The third-order valence-electron chi connectivity index (χ3n) is 3.52. The number of rotatable bonds is 7. The van der Waals surface area contributed by atoms with Gasteiger partial charge in [-0.3, -0.25) is 9.59 Å². The molecular formula is C17H25FN2O5. The van der Waals surface area contributed by atoms with Crippen molar-refractivity contribution in [3.63, 3.8) is 0 Å². The molecule has 1 aromatic carbocycles. The van der Waals surface area contributed by atoms with Crippen molar-refractivity contribution in [2.75, 3.05) is 27.2 Å². The molecule has 0 aliphatic heterocycles. The predicted octanol–water partition coefficient (Wildman–Crippen LogP) is 0.584. The largest absolute Gasteiger partial charge is 0.507 e. The monoisotopic (exact) mass is 356 g/mol. The van der Waals surface area contributed by atoms with Gasteiger partial charge >= 0.3 is 0 Å². The molecule has 0 heterocycles. The van der Waals surface area contributed by atoms with Crippen molar-refractivity contribution < 1.29 is 29.3 Å². The van der Waals surface area contributed by atoms with E-state index in [1.165, 1.54) is 37.7 Å². The van der Waals surface area contributed by atoms with Gasteiger partial charge in [0, 0.05) is 33.3 Å². The number of phenolic OH excluding ortho intramolecular Hbond substituents is 1. The van der Waals surface area contributed by atoms with Gasteiger partial charge in [-0.05, 0) is 26.0 Å². The molecule has 0 bridgehead atoms. The molecule has 0 aromatic heterocycles. The maximum atomic E-state index is 13.0. The average Bonchev–Trinajstić information content (AvgIpc) is 2.44. The summed E-state index contributed by atoms with van der Waals surface area (Å²) in [6, 6.07) is 3.05. The second-order valence-electron chi connectivity index (χ2n) is 6.76. The molecule has 1 aromatic rings. The van der Waals surface area contributed by atoms with Crippen molar-refractivity contribution in [3.8, 4) is 5.75 Å². The molecule has 0 aliphatic carbocycles. The Hall–Kier alpha value is -2.19. The number of hydrogen-bond acceptors (Lipinski definition) is 5. The number of benzene rings is 1. The molecule has 25 heavy (non-hydrogen) atoms. The van der Waals surface area contributed by atoms with E-state index in [0.29, 0.717) is 0 Å². The lowest BCUT2D eigenvalue weighted by atomic mass is 10.0. The first-order chi connectivity index (χ1) is 11.4. The van der Waals surface area contributed by atoms with Gasteiger partial charge in [-0.2, -0.15) is 0 Å². The van der Waals surface area contributed by atoms with E-state index < -0.39 is 29.2 Å². The Morgan fingerprint density at radius 1 is 1.20 bits per heavy atom. The van der Waals surface area contributed by atoms with Crippen LogP contribution in [-0.4, -0.2) is 75.8 Å². The lowest BCUT2D eigenvalue weighted by molar-refractivity contribution is -0.135.